The number of hydrogen-bond acceptors (Lipinski definition) is 5. The highest BCUT2D eigenvalue weighted by atomic mass is 35.5. The number of aromatic nitrogens is 3. The van der Waals surface area contributed by atoms with Gasteiger partial charge in [0.25, 0.3) is 0 Å². The Morgan fingerprint density at radius 3 is 2.77 bits per heavy atom. The lowest BCUT2D eigenvalue weighted by Gasteiger charge is -2.27. The highest BCUT2D eigenvalue weighted by Crippen LogP contribution is 2.36. The van der Waals surface area contributed by atoms with Gasteiger partial charge in [-0.25, -0.2) is 9.50 Å². The monoisotopic (exact) mass is 424 g/mol. The fourth-order valence-electron chi connectivity index (χ4n) is 4.26. The van der Waals surface area contributed by atoms with Crippen molar-refractivity contribution in [3.63, 3.8) is 0 Å². The normalized spacial score (nSPS) is 16.8. The molecule has 1 saturated heterocycles. The molecule has 2 aliphatic heterocycles. The lowest BCUT2D eigenvalue weighted by atomic mass is 10.1. The largest absolute Gasteiger partial charge is 0.490 e. The number of rotatable bonds is 4. The third-order valence-electron chi connectivity index (χ3n) is 6.00. The van der Waals surface area contributed by atoms with Gasteiger partial charge in [-0.2, -0.15) is 5.10 Å². The molecule has 2 aromatic heterocycles. The van der Waals surface area contributed by atoms with Gasteiger partial charge in [-0.1, -0.05) is 30.3 Å². The Hall–Kier alpha value is -2.57. The summed E-state index contributed by atoms with van der Waals surface area (Å²) >= 11 is 6.37. The molecule has 5 rings (SSSR count). The molecule has 0 spiro atoms. The average molecular weight is 425 g/mol. The maximum Gasteiger partial charge on any atom is 0.160 e. The van der Waals surface area contributed by atoms with E-state index in [1.165, 1.54) is 0 Å². The second-order valence-corrected chi connectivity index (χ2v) is 8.36. The van der Waals surface area contributed by atoms with E-state index < -0.39 is 0 Å². The second kappa shape index (κ2) is 7.60. The van der Waals surface area contributed by atoms with Crippen LogP contribution in [0.2, 0.25) is 5.02 Å². The molecule has 0 saturated carbocycles. The predicted molar refractivity (Wildman–Crippen MR) is 117 cm³/mol. The lowest BCUT2D eigenvalue weighted by molar-refractivity contribution is 0.0254. The van der Waals surface area contributed by atoms with E-state index >= 15 is 0 Å². The molecule has 7 heteroatoms. The van der Waals surface area contributed by atoms with Gasteiger partial charge in [0.05, 0.1) is 41.9 Å². The first-order valence-electron chi connectivity index (χ1n) is 10.3. The van der Waals surface area contributed by atoms with E-state index in [1.807, 2.05) is 36.6 Å². The van der Waals surface area contributed by atoms with Gasteiger partial charge >= 0.3 is 0 Å². The first-order valence-corrected chi connectivity index (χ1v) is 10.7. The van der Waals surface area contributed by atoms with Gasteiger partial charge in [0.1, 0.15) is 11.9 Å². The first-order chi connectivity index (χ1) is 14.5. The Kier molecular flexibility index (Phi) is 4.91. The van der Waals surface area contributed by atoms with E-state index in [0.29, 0.717) is 11.6 Å². The summed E-state index contributed by atoms with van der Waals surface area (Å²) in [5.41, 5.74) is 6.77. The van der Waals surface area contributed by atoms with Crippen molar-refractivity contribution in [3.05, 3.63) is 64.1 Å². The van der Waals surface area contributed by atoms with Crippen molar-refractivity contribution in [2.45, 2.75) is 45.9 Å². The van der Waals surface area contributed by atoms with Crippen LogP contribution in [-0.2, 0) is 17.8 Å². The Bertz CT molecular complexity index is 1130. The standard InChI is InChI=1S/C23H25ClN4O2/c1-14-22(24)16(3)28-23(25-14)19-12-27(13-20(19)26-28)15(2)18-6-4-5-7-21(18)30-17-8-10-29-11-9-17/h4-7,17H,2,8-13H2,1,3H3. The van der Waals surface area contributed by atoms with Crippen molar-refractivity contribution >= 4 is 22.9 Å². The van der Waals surface area contributed by atoms with Crippen molar-refractivity contribution in [2.75, 3.05) is 13.2 Å². The third-order valence-corrected chi connectivity index (χ3v) is 6.54. The summed E-state index contributed by atoms with van der Waals surface area (Å²) in [6.45, 7) is 11.2. The Morgan fingerprint density at radius 1 is 1.20 bits per heavy atom. The summed E-state index contributed by atoms with van der Waals surface area (Å²) in [4.78, 5) is 6.95. The molecular weight excluding hydrogens is 400 g/mol. The van der Waals surface area contributed by atoms with E-state index in [1.54, 1.807) is 0 Å². The van der Waals surface area contributed by atoms with Crippen LogP contribution in [0.4, 0.5) is 0 Å². The van der Waals surface area contributed by atoms with Gasteiger partial charge in [0.15, 0.2) is 5.65 Å². The SMILES string of the molecule is C=C(c1ccccc1OC1CCOCC1)N1Cc2nn3c(C)c(Cl)c(C)nc3c2C1. The van der Waals surface area contributed by atoms with E-state index in [9.17, 15) is 0 Å². The highest BCUT2D eigenvalue weighted by Gasteiger charge is 2.29. The number of ether oxygens (including phenoxy) is 2. The molecule has 156 valence electrons. The number of aryl methyl sites for hydroxylation is 2. The number of fused-ring (bicyclic) bond motifs is 3. The van der Waals surface area contributed by atoms with Crippen LogP contribution in [0.1, 0.15) is 41.1 Å². The van der Waals surface area contributed by atoms with Crippen LogP contribution in [-0.4, -0.2) is 38.8 Å². The summed E-state index contributed by atoms with van der Waals surface area (Å²) in [5, 5.41) is 5.45. The molecule has 0 aliphatic carbocycles. The summed E-state index contributed by atoms with van der Waals surface area (Å²) in [5.74, 6) is 0.879. The Labute approximate surface area is 181 Å². The fraction of sp³-hybridized carbons (Fsp3) is 0.391. The molecule has 3 aromatic rings. The average Bonchev–Trinajstić information content (AvgIpc) is 3.32. The quantitative estimate of drug-likeness (QED) is 0.615. The van der Waals surface area contributed by atoms with Crippen LogP contribution in [0, 0.1) is 13.8 Å². The number of halogens is 1. The van der Waals surface area contributed by atoms with Crippen LogP contribution in [0.5, 0.6) is 5.75 Å². The lowest BCUT2D eigenvalue weighted by Crippen LogP contribution is -2.26. The summed E-state index contributed by atoms with van der Waals surface area (Å²) in [6.07, 6.45) is 2.02. The smallest absolute Gasteiger partial charge is 0.160 e. The van der Waals surface area contributed by atoms with Crippen LogP contribution in [0.15, 0.2) is 30.8 Å². The molecule has 0 unspecified atom stereocenters. The van der Waals surface area contributed by atoms with Gasteiger partial charge in [-0.15, -0.1) is 0 Å². The van der Waals surface area contributed by atoms with Gasteiger partial charge in [0, 0.05) is 36.2 Å². The minimum atomic E-state index is 0.188. The van der Waals surface area contributed by atoms with E-state index in [-0.39, 0.29) is 6.10 Å². The molecule has 2 aliphatic rings. The number of benzene rings is 1. The number of nitrogens with zero attached hydrogens (tertiary/aromatic N) is 4. The molecule has 6 nitrogen and oxygen atoms in total. The summed E-state index contributed by atoms with van der Waals surface area (Å²) < 4.78 is 13.6. The second-order valence-electron chi connectivity index (χ2n) is 7.99. The van der Waals surface area contributed by atoms with E-state index in [4.69, 9.17) is 31.2 Å². The van der Waals surface area contributed by atoms with E-state index in [0.717, 1.165) is 77.9 Å². The molecule has 1 aromatic carbocycles. The molecule has 1 fully saturated rings. The van der Waals surface area contributed by atoms with Gasteiger partial charge in [-0.05, 0) is 26.0 Å². The van der Waals surface area contributed by atoms with Crippen molar-refractivity contribution in [1.29, 1.82) is 0 Å². The number of hydrogen-bond donors (Lipinski definition) is 0. The topological polar surface area (TPSA) is 51.9 Å². The first kappa shape index (κ1) is 19.4. The molecule has 0 radical (unpaired) electrons. The van der Waals surface area contributed by atoms with Crippen molar-refractivity contribution in [1.82, 2.24) is 19.5 Å². The fourth-order valence-corrected chi connectivity index (χ4v) is 4.38. The van der Waals surface area contributed by atoms with Crippen molar-refractivity contribution < 1.29 is 9.47 Å². The maximum atomic E-state index is 6.37. The molecule has 0 amide bonds. The maximum absolute atomic E-state index is 6.37. The van der Waals surface area contributed by atoms with E-state index in [2.05, 4.69) is 17.5 Å². The minimum absolute atomic E-state index is 0.188. The van der Waals surface area contributed by atoms with Crippen LogP contribution < -0.4 is 4.74 Å². The summed E-state index contributed by atoms with van der Waals surface area (Å²) in [7, 11) is 0. The zero-order chi connectivity index (χ0) is 20.8. The molecule has 4 heterocycles. The molecule has 0 N–H and O–H groups in total. The molecule has 0 atom stereocenters. The molecule has 0 bridgehead atoms. The zero-order valence-corrected chi connectivity index (χ0v) is 18.1. The molecular formula is C23H25ClN4O2. The predicted octanol–water partition coefficient (Wildman–Crippen LogP) is 4.54. The van der Waals surface area contributed by atoms with Crippen LogP contribution >= 0.6 is 11.6 Å². The van der Waals surface area contributed by atoms with Gasteiger partial charge in [0.2, 0.25) is 0 Å². The van der Waals surface area contributed by atoms with Gasteiger partial charge in [-0.3, -0.25) is 0 Å². The van der Waals surface area contributed by atoms with Crippen LogP contribution in [0.3, 0.4) is 0 Å². The Balaban J connectivity index is 1.41. The van der Waals surface area contributed by atoms with Crippen molar-refractivity contribution in [2.24, 2.45) is 0 Å². The zero-order valence-electron chi connectivity index (χ0n) is 17.3. The van der Waals surface area contributed by atoms with Crippen molar-refractivity contribution in [3.8, 4) is 5.75 Å². The Morgan fingerprint density at radius 2 is 1.97 bits per heavy atom. The van der Waals surface area contributed by atoms with Crippen LogP contribution in [0.25, 0.3) is 11.3 Å². The summed E-state index contributed by atoms with van der Waals surface area (Å²) in [6, 6.07) is 8.14. The highest BCUT2D eigenvalue weighted by molar-refractivity contribution is 6.31. The van der Waals surface area contributed by atoms with Gasteiger partial charge < -0.3 is 14.4 Å². The number of para-hydroxylation sites is 1. The minimum Gasteiger partial charge on any atom is -0.490 e. The molecule has 30 heavy (non-hydrogen) atoms. The third kappa shape index (κ3) is 3.24.